The predicted octanol–water partition coefficient (Wildman–Crippen LogP) is 0.905. The number of anilines is 1. The topological polar surface area (TPSA) is 129 Å². The van der Waals surface area contributed by atoms with Crippen LogP contribution < -0.4 is 26.4 Å². The summed E-state index contributed by atoms with van der Waals surface area (Å²) in [4.78, 5) is 22.7. The van der Waals surface area contributed by atoms with Crippen LogP contribution >= 0.6 is 0 Å². The number of methoxy groups -OCH3 is 1. The Balaban J connectivity index is 2.01. The molecule has 0 heterocycles. The smallest absolute Gasteiger partial charge is 0.271 e. The lowest BCUT2D eigenvalue weighted by molar-refractivity contribution is -0.119. The van der Waals surface area contributed by atoms with Gasteiger partial charge in [0.15, 0.2) is 18.1 Å². The minimum Gasteiger partial charge on any atom is -0.493 e. The van der Waals surface area contributed by atoms with Crippen LogP contribution in [0.15, 0.2) is 47.6 Å². The van der Waals surface area contributed by atoms with E-state index in [2.05, 4.69) is 10.5 Å². The molecule has 2 aromatic carbocycles. The minimum absolute atomic E-state index is 0.249. The summed E-state index contributed by atoms with van der Waals surface area (Å²) in [6.45, 7) is -0.249. The number of primary amides is 1. The minimum atomic E-state index is -0.585. The number of carbonyl (C=O) groups is 2. The van der Waals surface area contributed by atoms with E-state index in [1.165, 1.54) is 13.3 Å². The molecule has 0 atom stereocenters. The van der Waals surface area contributed by atoms with Crippen LogP contribution in [0.5, 0.6) is 11.5 Å². The van der Waals surface area contributed by atoms with Gasteiger partial charge in [-0.05, 0) is 48.0 Å². The van der Waals surface area contributed by atoms with Gasteiger partial charge in [0.25, 0.3) is 11.8 Å². The maximum atomic E-state index is 11.9. The Kier molecular flexibility index (Phi) is 5.94. The van der Waals surface area contributed by atoms with E-state index in [0.29, 0.717) is 28.3 Å². The molecule has 0 saturated carbocycles. The second kappa shape index (κ2) is 8.34. The second-order valence-electron chi connectivity index (χ2n) is 4.99. The summed E-state index contributed by atoms with van der Waals surface area (Å²) in [6, 6.07) is 11.4. The Hall–Kier alpha value is -3.55. The van der Waals surface area contributed by atoms with Crippen LogP contribution in [0.3, 0.4) is 0 Å². The molecule has 5 N–H and O–H groups in total. The van der Waals surface area contributed by atoms with Crippen molar-refractivity contribution in [2.75, 3.05) is 19.5 Å². The van der Waals surface area contributed by atoms with E-state index in [0.717, 1.165) is 0 Å². The van der Waals surface area contributed by atoms with E-state index < -0.39 is 5.91 Å². The zero-order valence-corrected chi connectivity index (χ0v) is 13.6. The molecule has 0 fully saturated rings. The molecule has 0 unspecified atom stereocenters. The lowest BCUT2D eigenvalue weighted by Gasteiger charge is -2.09. The highest BCUT2D eigenvalue weighted by Gasteiger charge is 2.07. The van der Waals surface area contributed by atoms with Crippen LogP contribution in [0.2, 0.25) is 0 Å². The molecule has 0 aliphatic carbocycles. The first kappa shape index (κ1) is 17.8. The Bertz CT molecular complexity index is 788. The predicted molar refractivity (Wildman–Crippen MR) is 93.6 cm³/mol. The Morgan fingerprint density at radius 1 is 1.16 bits per heavy atom. The molecule has 130 valence electrons. The average molecular weight is 342 g/mol. The molecular formula is C17H18N4O4. The summed E-state index contributed by atoms with van der Waals surface area (Å²) in [7, 11) is 1.47. The molecule has 0 aromatic heterocycles. The number of hydrogen-bond donors (Lipinski definition) is 3. The van der Waals surface area contributed by atoms with Gasteiger partial charge < -0.3 is 20.9 Å². The zero-order valence-electron chi connectivity index (χ0n) is 13.6. The molecule has 0 saturated heterocycles. The van der Waals surface area contributed by atoms with Gasteiger partial charge in [-0.25, -0.2) is 5.43 Å². The normalized spacial score (nSPS) is 10.4. The van der Waals surface area contributed by atoms with Crippen LogP contribution in [0, 0.1) is 0 Å². The van der Waals surface area contributed by atoms with Crippen molar-refractivity contribution in [3.8, 4) is 11.5 Å². The number of hydrogen-bond acceptors (Lipinski definition) is 6. The van der Waals surface area contributed by atoms with Crippen molar-refractivity contribution in [3.05, 3.63) is 53.6 Å². The number of nitrogens with one attached hydrogen (secondary N) is 1. The summed E-state index contributed by atoms with van der Waals surface area (Å²) in [5, 5.41) is 3.89. The third-order valence-corrected chi connectivity index (χ3v) is 3.11. The fraction of sp³-hybridized carbons (Fsp3) is 0.118. The van der Waals surface area contributed by atoms with Gasteiger partial charge in [0, 0.05) is 11.3 Å². The number of amides is 2. The number of nitrogens with zero attached hydrogens (tertiary/aromatic N) is 1. The van der Waals surface area contributed by atoms with Crippen molar-refractivity contribution in [1.29, 1.82) is 0 Å². The molecular weight excluding hydrogens is 324 g/mol. The third-order valence-electron chi connectivity index (χ3n) is 3.11. The molecule has 0 spiro atoms. The molecule has 2 amide bonds. The largest absolute Gasteiger partial charge is 0.493 e. The first-order chi connectivity index (χ1) is 12.0. The fourth-order valence-corrected chi connectivity index (χ4v) is 1.90. The summed E-state index contributed by atoms with van der Waals surface area (Å²) >= 11 is 0. The van der Waals surface area contributed by atoms with Crippen molar-refractivity contribution in [2.45, 2.75) is 0 Å². The molecule has 8 nitrogen and oxygen atoms in total. The summed E-state index contributed by atoms with van der Waals surface area (Å²) in [6.07, 6.45) is 1.45. The Labute approximate surface area is 144 Å². The van der Waals surface area contributed by atoms with Gasteiger partial charge in [0.05, 0.1) is 13.3 Å². The Morgan fingerprint density at radius 3 is 2.52 bits per heavy atom. The molecule has 25 heavy (non-hydrogen) atoms. The highest BCUT2D eigenvalue weighted by atomic mass is 16.5. The summed E-state index contributed by atoms with van der Waals surface area (Å²) < 4.78 is 10.4. The van der Waals surface area contributed by atoms with E-state index in [1.807, 2.05) is 0 Å². The van der Waals surface area contributed by atoms with Crippen molar-refractivity contribution < 1.29 is 19.1 Å². The first-order valence-electron chi connectivity index (χ1n) is 7.27. The third kappa shape index (κ3) is 5.24. The van der Waals surface area contributed by atoms with E-state index in [-0.39, 0.29) is 12.5 Å². The maximum Gasteiger partial charge on any atom is 0.271 e. The number of hydrazone groups is 1. The van der Waals surface area contributed by atoms with Crippen LogP contribution in [-0.2, 0) is 4.79 Å². The van der Waals surface area contributed by atoms with Crippen molar-refractivity contribution in [1.82, 2.24) is 5.43 Å². The summed E-state index contributed by atoms with van der Waals surface area (Å²) in [5.74, 6) is -0.151. The van der Waals surface area contributed by atoms with Crippen LogP contribution in [0.4, 0.5) is 5.69 Å². The van der Waals surface area contributed by atoms with E-state index in [1.54, 1.807) is 42.5 Å². The Morgan fingerprint density at radius 2 is 1.88 bits per heavy atom. The lowest BCUT2D eigenvalue weighted by Crippen LogP contribution is -2.20. The zero-order chi connectivity index (χ0) is 18.2. The molecule has 2 rings (SSSR count). The van der Waals surface area contributed by atoms with Gasteiger partial charge in [-0.15, -0.1) is 0 Å². The molecule has 0 bridgehead atoms. The van der Waals surface area contributed by atoms with E-state index in [4.69, 9.17) is 20.9 Å². The number of nitrogens with two attached hydrogens (primary N) is 2. The summed E-state index contributed by atoms with van der Waals surface area (Å²) in [5.41, 5.74) is 14.7. The number of ether oxygens (including phenoxy) is 2. The van der Waals surface area contributed by atoms with Gasteiger partial charge in [0.2, 0.25) is 0 Å². The van der Waals surface area contributed by atoms with Gasteiger partial charge in [0.1, 0.15) is 0 Å². The second-order valence-corrected chi connectivity index (χ2v) is 4.99. The maximum absolute atomic E-state index is 11.9. The van der Waals surface area contributed by atoms with E-state index in [9.17, 15) is 9.59 Å². The highest BCUT2D eigenvalue weighted by molar-refractivity contribution is 5.95. The molecule has 0 aliphatic heterocycles. The van der Waals surface area contributed by atoms with Crippen LogP contribution in [-0.4, -0.2) is 31.7 Å². The fourth-order valence-electron chi connectivity index (χ4n) is 1.90. The lowest BCUT2D eigenvalue weighted by atomic mass is 10.2. The van der Waals surface area contributed by atoms with Gasteiger partial charge in [-0.2, -0.15) is 5.10 Å². The van der Waals surface area contributed by atoms with Crippen molar-refractivity contribution >= 4 is 23.7 Å². The molecule has 2 aromatic rings. The van der Waals surface area contributed by atoms with Gasteiger partial charge >= 0.3 is 0 Å². The first-order valence-corrected chi connectivity index (χ1v) is 7.27. The number of nitrogen functional groups attached to an aromatic ring is 1. The highest BCUT2D eigenvalue weighted by Crippen LogP contribution is 2.27. The molecule has 0 aliphatic rings. The quantitative estimate of drug-likeness (QED) is 0.391. The SMILES string of the molecule is COc1cc(/C=N\NC(=O)c2ccc(N)cc2)ccc1OCC(N)=O. The van der Waals surface area contributed by atoms with Crippen molar-refractivity contribution in [3.63, 3.8) is 0 Å². The standard InChI is InChI=1S/C17H18N4O4/c1-24-15-8-11(2-7-14(15)25-10-16(19)22)9-20-21-17(23)12-3-5-13(18)6-4-12/h2-9H,10,18H2,1H3,(H2,19,22)(H,21,23)/b20-9-. The van der Waals surface area contributed by atoms with E-state index >= 15 is 0 Å². The van der Waals surface area contributed by atoms with Crippen molar-refractivity contribution in [2.24, 2.45) is 10.8 Å². The van der Waals surface area contributed by atoms with Crippen LogP contribution in [0.1, 0.15) is 15.9 Å². The monoisotopic (exact) mass is 342 g/mol. The van der Waals surface area contributed by atoms with Gasteiger partial charge in [-0.1, -0.05) is 0 Å². The number of benzene rings is 2. The van der Waals surface area contributed by atoms with Crippen LogP contribution in [0.25, 0.3) is 0 Å². The molecule has 0 radical (unpaired) electrons. The number of carbonyl (C=O) groups excluding carboxylic acids is 2. The number of rotatable bonds is 7. The van der Waals surface area contributed by atoms with Gasteiger partial charge in [-0.3, -0.25) is 9.59 Å². The molecule has 8 heteroatoms. The average Bonchev–Trinajstić information content (AvgIpc) is 2.60.